The molecule has 2 heterocycles. The molecule has 1 aromatic carbocycles. The van der Waals surface area contributed by atoms with Crippen LogP contribution in [0.4, 0.5) is 11.5 Å². The van der Waals surface area contributed by atoms with E-state index in [1.165, 1.54) is 5.56 Å². The minimum atomic E-state index is 0.0929. The van der Waals surface area contributed by atoms with Gasteiger partial charge in [-0.25, -0.2) is 4.98 Å². The molecular formula is C19H22BrN3O. The van der Waals surface area contributed by atoms with Gasteiger partial charge in [0.25, 0.3) is 5.91 Å². The Labute approximate surface area is 151 Å². The summed E-state index contributed by atoms with van der Waals surface area (Å²) in [7, 11) is 0. The molecule has 1 aliphatic heterocycles. The first-order chi connectivity index (χ1) is 11.5. The molecule has 1 N–H and O–H groups in total. The number of carbonyl (C=O) groups excluding carboxylic acids is 1. The predicted molar refractivity (Wildman–Crippen MR) is 101 cm³/mol. The summed E-state index contributed by atoms with van der Waals surface area (Å²) in [5.74, 6) is 1.48. The van der Waals surface area contributed by atoms with E-state index in [1.54, 1.807) is 12.3 Å². The molecule has 1 saturated heterocycles. The summed E-state index contributed by atoms with van der Waals surface area (Å²) < 4.78 is 0.978. The maximum absolute atomic E-state index is 12.7. The van der Waals surface area contributed by atoms with Crippen LogP contribution < -0.4 is 5.32 Å². The van der Waals surface area contributed by atoms with Crippen molar-refractivity contribution < 1.29 is 4.79 Å². The van der Waals surface area contributed by atoms with Crippen molar-refractivity contribution in [1.82, 2.24) is 9.88 Å². The van der Waals surface area contributed by atoms with E-state index in [0.29, 0.717) is 17.3 Å². The van der Waals surface area contributed by atoms with Gasteiger partial charge in [0.1, 0.15) is 5.82 Å². The zero-order valence-corrected chi connectivity index (χ0v) is 15.6. The Morgan fingerprint density at radius 3 is 2.71 bits per heavy atom. The first-order valence-corrected chi connectivity index (χ1v) is 9.11. The number of pyridine rings is 1. The number of likely N-dealkylation sites (tertiary alicyclic amines) is 1. The fourth-order valence-electron chi connectivity index (χ4n) is 2.89. The van der Waals surface area contributed by atoms with Crippen LogP contribution in [0.1, 0.15) is 35.7 Å². The molecule has 2 aromatic rings. The number of aryl methyl sites for hydroxylation is 1. The number of rotatable bonds is 3. The standard InChI is InChI=1S/C19H22BrN3O/c1-13-6-9-23(10-7-13)19(24)15-5-8-21-18(12-15)22-17-4-3-14(2)11-16(17)20/h3-5,8,11-13H,6-7,9-10H2,1-2H3,(H,21,22). The number of hydrogen-bond acceptors (Lipinski definition) is 3. The number of piperidine rings is 1. The fourth-order valence-corrected chi connectivity index (χ4v) is 3.48. The lowest BCUT2D eigenvalue weighted by molar-refractivity contribution is 0.0697. The number of hydrogen-bond donors (Lipinski definition) is 1. The second kappa shape index (κ2) is 7.34. The van der Waals surface area contributed by atoms with Crippen molar-refractivity contribution in [2.75, 3.05) is 18.4 Å². The smallest absolute Gasteiger partial charge is 0.254 e. The van der Waals surface area contributed by atoms with Gasteiger partial charge in [-0.05, 0) is 71.4 Å². The molecule has 0 spiro atoms. The van der Waals surface area contributed by atoms with Crippen molar-refractivity contribution in [1.29, 1.82) is 0 Å². The molecule has 1 amide bonds. The van der Waals surface area contributed by atoms with Crippen molar-refractivity contribution in [2.24, 2.45) is 5.92 Å². The van der Waals surface area contributed by atoms with Crippen molar-refractivity contribution in [2.45, 2.75) is 26.7 Å². The zero-order chi connectivity index (χ0) is 17.1. The van der Waals surface area contributed by atoms with E-state index in [4.69, 9.17) is 0 Å². The predicted octanol–water partition coefficient (Wildman–Crippen LogP) is 4.77. The van der Waals surface area contributed by atoms with E-state index in [-0.39, 0.29) is 5.91 Å². The van der Waals surface area contributed by atoms with Crippen LogP contribution in [0.25, 0.3) is 0 Å². The quantitative estimate of drug-likeness (QED) is 0.824. The Balaban J connectivity index is 1.75. The van der Waals surface area contributed by atoms with E-state index in [0.717, 1.165) is 36.1 Å². The van der Waals surface area contributed by atoms with Crippen molar-refractivity contribution in [3.63, 3.8) is 0 Å². The third-order valence-electron chi connectivity index (χ3n) is 4.47. The number of anilines is 2. The number of halogens is 1. The van der Waals surface area contributed by atoms with Gasteiger partial charge >= 0.3 is 0 Å². The summed E-state index contributed by atoms with van der Waals surface area (Å²) in [4.78, 5) is 19.0. The Kier molecular flexibility index (Phi) is 5.19. The van der Waals surface area contributed by atoms with Crippen LogP contribution in [-0.2, 0) is 0 Å². The van der Waals surface area contributed by atoms with Crippen LogP contribution in [-0.4, -0.2) is 28.9 Å². The summed E-state index contributed by atoms with van der Waals surface area (Å²) in [6, 6.07) is 9.70. The molecule has 24 heavy (non-hydrogen) atoms. The molecule has 3 rings (SSSR count). The number of aromatic nitrogens is 1. The van der Waals surface area contributed by atoms with Crippen LogP contribution in [0, 0.1) is 12.8 Å². The second-order valence-electron chi connectivity index (χ2n) is 6.51. The summed E-state index contributed by atoms with van der Waals surface area (Å²) in [6.07, 6.45) is 3.85. The van der Waals surface area contributed by atoms with Gasteiger partial charge in [0.2, 0.25) is 0 Å². The SMILES string of the molecule is Cc1ccc(Nc2cc(C(=O)N3CCC(C)CC3)ccn2)c(Br)c1. The monoisotopic (exact) mass is 387 g/mol. The highest BCUT2D eigenvalue weighted by atomic mass is 79.9. The molecule has 0 unspecified atom stereocenters. The molecule has 0 aliphatic carbocycles. The maximum Gasteiger partial charge on any atom is 0.254 e. The molecule has 0 atom stereocenters. The average molecular weight is 388 g/mol. The van der Waals surface area contributed by atoms with Crippen molar-refractivity contribution in [3.05, 3.63) is 52.1 Å². The largest absolute Gasteiger partial charge is 0.339 e. The molecule has 4 nitrogen and oxygen atoms in total. The highest BCUT2D eigenvalue weighted by Gasteiger charge is 2.21. The number of nitrogens with zero attached hydrogens (tertiary/aromatic N) is 2. The number of carbonyl (C=O) groups is 1. The first kappa shape index (κ1) is 17.0. The van der Waals surface area contributed by atoms with Gasteiger partial charge in [0.15, 0.2) is 0 Å². The molecule has 5 heteroatoms. The van der Waals surface area contributed by atoms with Crippen LogP contribution in [0.2, 0.25) is 0 Å². The number of benzene rings is 1. The van der Waals surface area contributed by atoms with Crippen LogP contribution in [0.5, 0.6) is 0 Å². The number of amides is 1. The van der Waals surface area contributed by atoms with Gasteiger partial charge in [-0.1, -0.05) is 13.0 Å². The van der Waals surface area contributed by atoms with Crippen molar-refractivity contribution in [3.8, 4) is 0 Å². The van der Waals surface area contributed by atoms with E-state index in [1.807, 2.05) is 36.1 Å². The van der Waals surface area contributed by atoms with Crippen LogP contribution in [0.3, 0.4) is 0 Å². The molecular weight excluding hydrogens is 366 g/mol. The lowest BCUT2D eigenvalue weighted by Crippen LogP contribution is -2.37. The third kappa shape index (κ3) is 3.96. The van der Waals surface area contributed by atoms with E-state index >= 15 is 0 Å². The molecule has 0 bridgehead atoms. The van der Waals surface area contributed by atoms with E-state index < -0.39 is 0 Å². The zero-order valence-electron chi connectivity index (χ0n) is 14.1. The van der Waals surface area contributed by atoms with Crippen LogP contribution >= 0.6 is 15.9 Å². The van der Waals surface area contributed by atoms with Gasteiger partial charge in [-0.15, -0.1) is 0 Å². The Bertz CT molecular complexity index is 739. The molecule has 0 radical (unpaired) electrons. The summed E-state index contributed by atoms with van der Waals surface area (Å²) in [5, 5.41) is 3.28. The van der Waals surface area contributed by atoms with Crippen LogP contribution in [0.15, 0.2) is 41.0 Å². The minimum absolute atomic E-state index is 0.0929. The Hall–Kier alpha value is -1.88. The highest BCUT2D eigenvalue weighted by Crippen LogP contribution is 2.26. The van der Waals surface area contributed by atoms with Gasteiger partial charge in [0, 0.05) is 29.3 Å². The Morgan fingerprint density at radius 2 is 2.00 bits per heavy atom. The summed E-state index contributed by atoms with van der Waals surface area (Å²) in [6.45, 7) is 5.98. The molecule has 1 aromatic heterocycles. The highest BCUT2D eigenvalue weighted by molar-refractivity contribution is 9.10. The molecule has 126 valence electrons. The Morgan fingerprint density at radius 1 is 1.25 bits per heavy atom. The number of nitrogens with one attached hydrogen (secondary N) is 1. The maximum atomic E-state index is 12.7. The normalized spacial score (nSPS) is 15.4. The van der Waals surface area contributed by atoms with Gasteiger partial charge < -0.3 is 10.2 Å². The first-order valence-electron chi connectivity index (χ1n) is 8.31. The molecule has 1 fully saturated rings. The molecule has 1 aliphatic rings. The topological polar surface area (TPSA) is 45.2 Å². The lowest BCUT2D eigenvalue weighted by Gasteiger charge is -2.30. The summed E-state index contributed by atoms with van der Waals surface area (Å²) in [5.41, 5.74) is 2.80. The van der Waals surface area contributed by atoms with E-state index in [9.17, 15) is 4.79 Å². The second-order valence-corrected chi connectivity index (χ2v) is 7.37. The fraction of sp³-hybridized carbons (Fsp3) is 0.368. The van der Waals surface area contributed by atoms with E-state index in [2.05, 4.69) is 33.2 Å². The third-order valence-corrected chi connectivity index (χ3v) is 5.12. The van der Waals surface area contributed by atoms with Crippen molar-refractivity contribution >= 4 is 33.3 Å². The van der Waals surface area contributed by atoms with Gasteiger partial charge in [0.05, 0.1) is 5.69 Å². The molecule has 0 saturated carbocycles. The summed E-state index contributed by atoms with van der Waals surface area (Å²) >= 11 is 3.55. The average Bonchev–Trinajstić information content (AvgIpc) is 2.58. The minimum Gasteiger partial charge on any atom is -0.339 e. The van der Waals surface area contributed by atoms with Gasteiger partial charge in [-0.3, -0.25) is 4.79 Å². The lowest BCUT2D eigenvalue weighted by atomic mass is 9.99. The van der Waals surface area contributed by atoms with Gasteiger partial charge in [-0.2, -0.15) is 0 Å².